The minimum Gasteiger partial charge on any atom is -0.493 e. The number of benzene rings is 2. The van der Waals surface area contributed by atoms with Crippen molar-refractivity contribution < 1.29 is 27.4 Å². The Kier molecular flexibility index (Phi) is 7.43. The summed E-state index contributed by atoms with van der Waals surface area (Å²) in [6, 6.07) is 12.1. The number of para-hydroxylation sites is 1. The maximum absolute atomic E-state index is 13.6. The van der Waals surface area contributed by atoms with Crippen LogP contribution >= 0.6 is 0 Å². The summed E-state index contributed by atoms with van der Waals surface area (Å²) in [5, 5.41) is 0. The lowest BCUT2D eigenvalue weighted by molar-refractivity contribution is 0.0676. The summed E-state index contributed by atoms with van der Waals surface area (Å²) < 4.78 is 40.7. The van der Waals surface area contributed by atoms with Gasteiger partial charge in [0.1, 0.15) is 5.75 Å². The molecule has 0 N–H and O–H groups in total. The van der Waals surface area contributed by atoms with Gasteiger partial charge in [0.2, 0.25) is 0 Å². The molecule has 1 aliphatic heterocycles. The highest BCUT2D eigenvalue weighted by Gasteiger charge is 2.36. The molecule has 7 nitrogen and oxygen atoms in total. The standard InChI is InChI=1S/C23H29NO6S/c1-4-12-30-20-8-6-5-7-19(20)23(25)24(18-11-13-31(26,27)16-18)15-17-9-10-21(28-2)22(14-17)29-3/h5-10,14,18H,4,11-13,15-16H2,1-3H3. The number of hydrogen-bond donors (Lipinski definition) is 0. The van der Waals surface area contributed by atoms with Crippen molar-refractivity contribution in [2.75, 3.05) is 32.3 Å². The average Bonchev–Trinajstić information content (AvgIpc) is 3.14. The molecule has 2 aromatic rings. The Hall–Kier alpha value is -2.74. The maximum atomic E-state index is 13.6. The minimum absolute atomic E-state index is 0.0377. The fraction of sp³-hybridized carbons (Fsp3) is 0.435. The van der Waals surface area contributed by atoms with Crippen LogP contribution in [0.1, 0.15) is 35.7 Å². The van der Waals surface area contributed by atoms with E-state index in [4.69, 9.17) is 14.2 Å². The van der Waals surface area contributed by atoms with Gasteiger partial charge >= 0.3 is 0 Å². The smallest absolute Gasteiger partial charge is 0.258 e. The van der Waals surface area contributed by atoms with E-state index in [-0.39, 0.29) is 24.0 Å². The second-order valence-corrected chi connectivity index (χ2v) is 9.75. The third-order valence-electron chi connectivity index (χ3n) is 5.29. The molecule has 3 rings (SSSR count). The SMILES string of the molecule is CCCOc1ccccc1C(=O)N(Cc1ccc(OC)c(OC)c1)C1CCS(=O)(=O)C1. The van der Waals surface area contributed by atoms with Crippen LogP contribution < -0.4 is 14.2 Å². The Morgan fingerprint density at radius 1 is 1.06 bits per heavy atom. The lowest BCUT2D eigenvalue weighted by Crippen LogP contribution is -2.40. The number of amides is 1. The van der Waals surface area contributed by atoms with E-state index in [2.05, 4.69) is 0 Å². The van der Waals surface area contributed by atoms with Gasteiger partial charge in [0, 0.05) is 12.6 Å². The van der Waals surface area contributed by atoms with Crippen LogP contribution in [0.5, 0.6) is 17.2 Å². The topological polar surface area (TPSA) is 82.1 Å². The molecule has 0 saturated carbocycles. The first kappa shape index (κ1) is 22.9. The number of carbonyl (C=O) groups is 1. The largest absolute Gasteiger partial charge is 0.493 e. The maximum Gasteiger partial charge on any atom is 0.258 e. The molecule has 1 amide bonds. The average molecular weight is 448 g/mol. The molecular weight excluding hydrogens is 418 g/mol. The first-order chi connectivity index (χ1) is 14.9. The zero-order valence-corrected chi connectivity index (χ0v) is 19.0. The van der Waals surface area contributed by atoms with Crippen LogP contribution in [0.3, 0.4) is 0 Å². The van der Waals surface area contributed by atoms with E-state index in [0.29, 0.717) is 35.8 Å². The Morgan fingerprint density at radius 2 is 1.81 bits per heavy atom. The lowest BCUT2D eigenvalue weighted by atomic mass is 10.1. The summed E-state index contributed by atoms with van der Waals surface area (Å²) in [7, 11) is -0.0556. The van der Waals surface area contributed by atoms with Crippen LogP contribution in [0.4, 0.5) is 0 Å². The molecule has 8 heteroatoms. The molecule has 0 bridgehead atoms. The van der Waals surface area contributed by atoms with Crippen molar-refractivity contribution in [3.8, 4) is 17.2 Å². The number of methoxy groups -OCH3 is 2. The number of carbonyl (C=O) groups excluding carboxylic acids is 1. The first-order valence-electron chi connectivity index (χ1n) is 10.3. The zero-order chi connectivity index (χ0) is 22.4. The van der Waals surface area contributed by atoms with Crippen LogP contribution in [0.2, 0.25) is 0 Å². The molecule has 0 aromatic heterocycles. The van der Waals surface area contributed by atoms with Gasteiger partial charge in [0.05, 0.1) is 37.9 Å². The predicted molar refractivity (Wildman–Crippen MR) is 119 cm³/mol. The number of rotatable bonds is 9. The second-order valence-electron chi connectivity index (χ2n) is 7.52. The summed E-state index contributed by atoms with van der Waals surface area (Å²) in [5.74, 6) is 1.45. The number of hydrogen-bond acceptors (Lipinski definition) is 6. The van der Waals surface area contributed by atoms with E-state index in [1.807, 2.05) is 25.1 Å². The van der Waals surface area contributed by atoms with E-state index in [1.54, 1.807) is 43.4 Å². The molecule has 1 unspecified atom stereocenters. The molecule has 0 spiro atoms. The molecule has 1 heterocycles. The van der Waals surface area contributed by atoms with Gasteiger partial charge in [-0.25, -0.2) is 8.42 Å². The molecule has 0 aliphatic carbocycles. The van der Waals surface area contributed by atoms with Crippen LogP contribution in [0.25, 0.3) is 0 Å². The number of sulfone groups is 1. The van der Waals surface area contributed by atoms with Crippen molar-refractivity contribution in [1.82, 2.24) is 4.90 Å². The van der Waals surface area contributed by atoms with Crippen molar-refractivity contribution in [3.05, 3.63) is 53.6 Å². The summed E-state index contributed by atoms with van der Waals surface area (Å²) in [6.07, 6.45) is 1.23. The number of nitrogens with zero attached hydrogens (tertiary/aromatic N) is 1. The third kappa shape index (κ3) is 5.50. The van der Waals surface area contributed by atoms with Crippen molar-refractivity contribution >= 4 is 15.7 Å². The molecule has 2 aromatic carbocycles. The van der Waals surface area contributed by atoms with Gasteiger partial charge < -0.3 is 19.1 Å². The Labute approximate surface area is 183 Å². The molecule has 1 saturated heterocycles. The minimum atomic E-state index is -3.17. The highest BCUT2D eigenvalue weighted by molar-refractivity contribution is 7.91. The Balaban J connectivity index is 1.95. The normalized spacial score (nSPS) is 17.2. The van der Waals surface area contributed by atoms with Gasteiger partial charge in [0.25, 0.3) is 5.91 Å². The summed E-state index contributed by atoms with van der Waals surface area (Å²) in [5.41, 5.74) is 1.25. The van der Waals surface area contributed by atoms with Crippen molar-refractivity contribution in [3.63, 3.8) is 0 Å². The van der Waals surface area contributed by atoms with Crippen LogP contribution in [0, 0.1) is 0 Å². The van der Waals surface area contributed by atoms with E-state index in [9.17, 15) is 13.2 Å². The van der Waals surface area contributed by atoms with Crippen molar-refractivity contribution in [2.45, 2.75) is 32.4 Å². The molecule has 168 valence electrons. The number of ether oxygens (including phenoxy) is 3. The van der Waals surface area contributed by atoms with Crippen molar-refractivity contribution in [1.29, 1.82) is 0 Å². The summed E-state index contributed by atoms with van der Waals surface area (Å²) in [6.45, 7) is 2.75. The summed E-state index contributed by atoms with van der Waals surface area (Å²) in [4.78, 5) is 15.2. The molecular formula is C23H29NO6S. The highest BCUT2D eigenvalue weighted by atomic mass is 32.2. The van der Waals surface area contributed by atoms with E-state index in [0.717, 1.165) is 12.0 Å². The second kappa shape index (κ2) is 10.0. The van der Waals surface area contributed by atoms with E-state index < -0.39 is 15.9 Å². The van der Waals surface area contributed by atoms with Gasteiger partial charge in [-0.1, -0.05) is 25.1 Å². The van der Waals surface area contributed by atoms with Crippen LogP contribution in [-0.4, -0.2) is 57.6 Å². The van der Waals surface area contributed by atoms with E-state index in [1.165, 1.54) is 0 Å². The molecule has 31 heavy (non-hydrogen) atoms. The monoisotopic (exact) mass is 447 g/mol. The van der Waals surface area contributed by atoms with Gasteiger partial charge in [-0.3, -0.25) is 4.79 Å². The van der Waals surface area contributed by atoms with Gasteiger partial charge in [0.15, 0.2) is 21.3 Å². The zero-order valence-electron chi connectivity index (χ0n) is 18.2. The molecule has 1 aliphatic rings. The summed E-state index contributed by atoms with van der Waals surface area (Å²) >= 11 is 0. The third-order valence-corrected chi connectivity index (χ3v) is 7.04. The Morgan fingerprint density at radius 3 is 2.45 bits per heavy atom. The fourth-order valence-corrected chi connectivity index (χ4v) is 5.43. The first-order valence-corrected chi connectivity index (χ1v) is 12.1. The van der Waals surface area contributed by atoms with Crippen LogP contribution in [-0.2, 0) is 16.4 Å². The lowest BCUT2D eigenvalue weighted by Gasteiger charge is -2.29. The quantitative estimate of drug-likeness (QED) is 0.587. The Bertz CT molecular complexity index is 1020. The van der Waals surface area contributed by atoms with Crippen molar-refractivity contribution in [2.24, 2.45) is 0 Å². The van der Waals surface area contributed by atoms with Gasteiger partial charge in [-0.05, 0) is 42.7 Å². The fourth-order valence-electron chi connectivity index (χ4n) is 3.70. The van der Waals surface area contributed by atoms with Gasteiger partial charge in [-0.15, -0.1) is 0 Å². The van der Waals surface area contributed by atoms with Crippen LogP contribution in [0.15, 0.2) is 42.5 Å². The van der Waals surface area contributed by atoms with E-state index >= 15 is 0 Å². The molecule has 0 radical (unpaired) electrons. The highest BCUT2D eigenvalue weighted by Crippen LogP contribution is 2.30. The molecule has 1 atom stereocenters. The van der Waals surface area contributed by atoms with Gasteiger partial charge in [-0.2, -0.15) is 0 Å². The predicted octanol–water partition coefficient (Wildman–Crippen LogP) is 3.32. The molecule has 1 fully saturated rings.